The summed E-state index contributed by atoms with van der Waals surface area (Å²) in [6.45, 7) is 2.46. The van der Waals surface area contributed by atoms with Gasteiger partial charge in [0.25, 0.3) is 11.8 Å². The zero-order valence-electron chi connectivity index (χ0n) is 22.7. The van der Waals surface area contributed by atoms with E-state index in [4.69, 9.17) is 10.6 Å². The number of carboxylic acids is 2. The summed E-state index contributed by atoms with van der Waals surface area (Å²) in [6.07, 6.45) is 1.27. The van der Waals surface area contributed by atoms with E-state index < -0.39 is 46.5 Å². The number of anilines is 1. The number of fused-ring (bicyclic) bond motifs is 2. The molecule has 16 nitrogen and oxygen atoms in total. The molecule has 1 fully saturated rings. The molecule has 1 unspecified atom stereocenters. The fourth-order valence-electron chi connectivity index (χ4n) is 4.13. The number of aromatic nitrogens is 3. The number of carboxylic acid groups (broad SMARTS) is 2. The lowest BCUT2D eigenvalue weighted by molar-refractivity contribution is -0.161. The summed E-state index contributed by atoms with van der Waals surface area (Å²) in [6, 6.07) is 1.47. The third-order valence-electron chi connectivity index (χ3n) is 6.47. The van der Waals surface area contributed by atoms with Gasteiger partial charge in [-0.1, -0.05) is 5.16 Å². The summed E-state index contributed by atoms with van der Waals surface area (Å²) in [5.74, 6) is -4.61. The lowest BCUT2D eigenvalue weighted by atomic mass is 10.0. The second-order valence-corrected chi connectivity index (χ2v) is 12.8. The molecular weight excluding hydrogens is 639 g/mol. The van der Waals surface area contributed by atoms with Crippen molar-refractivity contribution >= 4 is 80.4 Å². The predicted octanol–water partition coefficient (Wildman–Crippen LogP) is 1.19. The van der Waals surface area contributed by atoms with Crippen LogP contribution in [0.5, 0.6) is 11.5 Å². The number of nitrogens with two attached hydrogens (primary N) is 1. The van der Waals surface area contributed by atoms with Crippen LogP contribution in [0.15, 0.2) is 45.3 Å². The number of phenols is 2. The number of carbonyl (C=O) groups is 4. The number of aliphatic carboxylic acids is 2. The lowest BCUT2D eigenvalue weighted by Gasteiger charge is -2.49. The van der Waals surface area contributed by atoms with Gasteiger partial charge in [0.15, 0.2) is 22.3 Å². The van der Waals surface area contributed by atoms with Crippen LogP contribution in [-0.2, 0) is 24.0 Å². The number of benzene rings is 1. The number of hydrogen-bond donors (Lipinski definition) is 6. The Balaban J connectivity index is 1.35. The fourth-order valence-corrected chi connectivity index (χ4v) is 7.14. The number of thioether (sulfide) groups is 2. The molecule has 7 N–H and O–H groups in total. The molecule has 230 valence electrons. The molecule has 0 saturated carbocycles. The second kappa shape index (κ2) is 11.8. The Morgan fingerprint density at radius 3 is 2.61 bits per heavy atom. The van der Waals surface area contributed by atoms with Gasteiger partial charge < -0.3 is 36.3 Å². The fraction of sp³-hybridized carbons (Fsp3) is 0.280. The summed E-state index contributed by atoms with van der Waals surface area (Å²) in [4.78, 5) is 68.7. The van der Waals surface area contributed by atoms with Crippen molar-refractivity contribution in [3.63, 3.8) is 0 Å². The number of hydrogen-bond acceptors (Lipinski definition) is 15. The number of nitrogens with zero attached hydrogens (tertiary/aromatic N) is 5. The molecule has 0 radical (unpaired) electrons. The summed E-state index contributed by atoms with van der Waals surface area (Å²) in [5, 5.41) is 47.0. The van der Waals surface area contributed by atoms with Crippen molar-refractivity contribution in [1.82, 2.24) is 25.2 Å². The van der Waals surface area contributed by atoms with Gasteiger partial charge in [-0.15, -0.1) is 34.9 Å². The van der Waals surface area contributed by atoms with E-state index in [1.807, 2.05) is 0 Å². The van der Waals surface area contributed by atoms with Gasteiger partial charge in [0, 0.05) is 28.3 Å². The van der Waals surface area contributed by atoms with Crippen molar-refractivity contribution in [1.29, 1.82) is 0 Å². The van der Waals surface area contributed by atoms with E-state index in [0.717, 1.165) is 16.2 Å². The number of rotatable bonds is 10. The highest BCUT2D eigenvalue weighted by Crippen LogP contribution is 2.42. The summed E-state index contributed by atoms with van der Waals surface area (Å²) < 4.78 is 0. The molecule has 2 aliphatic rings. The van der Waals surface area contributed by atoms with Crippen molar-refractivity contribution in [2.24, 2.45) is 5.16 Å². The Labute approximate surface area is 260 Å². The van der Waals surface area contributed by atoms with Crippen LogP contribution in [0.4, 0.5) is 5.13 Å². The van der Waals surface area contributed by atoms with Gasteiger partial charge in [-0.3, -0.25) is 14.5 Å². The van der Waals surface area contributed by atoms with E-state index in [0.29, 0.717) is 21.5 Å². The predicted molar refractivity (Wildman–Crippen MR) is 159 cm³/mol. The Morgan fingerprint density at radius 2 is 1.95 bits per heavy atom. The van der Waals surface area contributed by atoms with Crippen molar-refractivity contribution < 1.29 is 44.4 Å². The van der Waals surface area contributed by atoms with Crippen LogP contribution in [0, 0.1) is 0 Å². The number of oxime groups is 1. The zero-order valence-corrected chi connectivity index (χ0v) is 25.2. The standard InChI is InChI=1S/C25H23N7O9S3/c1-25(2,23(39)40)41-31-15(12-7-44-24(26)29-12)18(35)30-16-20(36)32-17(22(37)38)9(6-43-21(16)32)5-42-19-10-3-13(33)14(34)4-11(10)27-8-28-19/h3-4,7-8,16,21,33-34H,5-6H2,1-2H3,(H2,26,29)(H,30,35)(H,37,38)(H,39,40)/b31-15-/t16?,21-/m0/s1. The van der Waals surface area contributed by atoms with Crippen LogP contribution in [0.2, 0.25) is 0 Å². The van der Waals surface area contributed by atoms with Crippen LogP contribution in [0.1, 0.15) is 19.5 Å². The molecule has 5 rings (SSSR count). The van der Waals surface area contributed by atoms with Gasteiger partial charge in [-0.05, 0) is 25.5 Å². The van der Waals surface area contributed by atoms with Crippen LogP contribution in [0.3, 0.4) is 0 Å². The number of β-lactam (4-membered cyclic amide) rings is 1. The normalized spacial score (nSPS) is 18.5. The summed E-state index contributed by atoms with van der Waals surface area (Å²) >= 11 is 3.42. The first-order valence-corrected chi connectivity index (χ1v) is 15.4. The first-order valence-electron chi connectivity index (χ1n) is 12.5. The van der Waals surface area contributed by atoms with Crippen LogP contribution < -0.4 is 11.1 Å². The molecule has 2 aliphatic heterocycles. The van der Waals surface area contributed by atoms with E-state index in [1.54, 1.807) is 0 Å². The third-order valence-corrected chi connectivity index (χ3v) is 9.58. The molecule has 3 aromatic rings. The van der Waals surface area contributed by atoms with Crippen LogP contribution in [0.25, 0.3) is 10.9 Å². The number of amides is 2. The summed E-state index contributed by atoms with van der Waals surface area (Å²) in [5.41, 5.74) is 4.07. The van der Waals surface area contributed by atoms with Crippen LogP contribution in [-0.4, -0.2) is 98.3 Å². The minimum Gasteiger partial charge on any atom is -0.504 e. The topological polar surface area (TPSA) is 251 Å². The highest BCUT2D eigenvalue weighted by atomic mass is 32.2. The number of phenolic OH excluding ortho intramolecular Hbond substituents is 2. The Morgan fingerprint density at radius 1 is 1.23 bits per heavy atom. The maximum atomic E-state index is 13.3. The average molecular weight is 662 g/mol. The van der Waals surface area contributed by atoms with E-state index in [1.165, 1.54) is 61.2 Å². The highest BCUT2D eigenvalue weighted by molar-refractivity contribution is 8.01. The Bertz CT molecular complexity index is 1770. The van der Waals surface area contributed by atoms with Gasteiger partial charge in [0.2, 0.25) is 5.60 Å². The van der Waals surface area contributed by atoms with Gasteiger partial charge in [0.1, 0.15) is 34.2 Å². The van der Waals surface area contributed by atoms with Gasteiger partial charge >= 0.3 is 11.9 Å². The van der Waals surface area contributed by atoms with Gasteiger partial charge in [-0.2, -0.15) is 0 Å². The van der Waals surface area contributed by atoms with Crippen molar-refractivity contribution in [2.45, 2.75) is 35.9 Å². The Hall–Kier alpha value is -4.62. The number of nitrogens with one attached hydrogen (secondary N) is 1. The smallest absolute Gasteiger partial charge is 0.352 e. The molecule has 2 amide bonds. The SMILES string of the molecule is CC(C)(O/N=C(\C(=O)NC1C(=O)N2C(C(=O)O)=C(CSc3ncnc4cc(O)c(O)cc34)CS[C@@H]12)c1csc(N)n1)C(=O)O. The first-order chi connectivity index (χ1) is 20.8. The number of thiazole rings is 1. The second-order valence-electron chi connectivity index (χ2n) is 9.86. The molecule has 0 aliphatic carbocycles. The maximum absolute atomic E-state index is 13.3. The quantitative estimate of drug-likeness (QED) is 0.0446. The molecule has 2 aromatic heterocycles. The van der Waals surface area contributed by atoms with Crippen LogP contribution >= 0.6 is 34.9 Å². The van der Waals surface area contributed by atoms with E-state index >= 15 is 0 Å². The maximum Gasteiger partial charge on any atom is 0.352 e. The lowest BCUT2D eigenvalue weighted by Crippen LogP contribution is -2.71. The molecule has 44 heavy (non-hydrogen) atoms. The minimum absolute atomic E-state index is 0.00248. The van der Waals surface area contributed by atoms with E-state index in [9.17, 15) is 39.6 Å². The van der Waals surface area contributed by atoms with Crippen molar-refractivity contribution in [3.05, 3.63) is 40.8 Å². The van der Waals surface area contributed by atoms with E-state index in [2.05, 4.69) is 25.4 Å². The monoisotopic (exact) mass is 661 g/mol. The third kappa shape index (κ3) is 5.80. The molecule has 0 bridgehead atoms. The largest absolute Gasteiger partial charge is 0.504 e. The van der Waals surface area contributed by atoms with Crippen molar-refractivity contribution in [2.75, 3.05) is 17.2 Å². The summed E-state index contributed by atoms with van der Waals surface area (Å²) in [7, 11) is 0. The highest BCUT2D eigenvalue weighted by Gasteiger charge is 2.54. The average Bonchev–Trinajstić information content (AvgIpc) is 3.40. The zero-order chi connectivity index (χ0) is 31.9. The first kappa shape index (κ1) is 30.8. The number of carbonyl (C=O) groups excluding carboxylic acids is 2. The van der Waals surface area contributed by atoms with Gasteiger partial charge in [-0.25, -0.2) is 24.5 Å². The number of aromatic hydroxyl groups is 2. The molecule has 19 heteroatoms. The van der Waals surface area contributed by atoms with E-state index in [-0.39, 0.29) is 39.5 Å². The van der Waals surface area contributed by atoms with Crippen molar-refractivity contribution in [3.8, 4) is 11.5 Å². The molecule has 2 atom stereocenters. The Kier molecular flexibility index (Phi) is 8.28. The minimum atomic E-state index is -1.79. The molecule has 1 saturated heterocycles. The molecule has 1 aromatic carbocycles. The molecule has 0 spiro atoms. The number of nitrogen functional groups attached to an aromatic ring is 1. The van der Waals surface area contributed by atoms with Gasteiger partial charge in [0.05, 0.1) is 5.52 Å². The molecule has 4 heterocycles. The molecular formula is C25H23N7O9S3.